The van der Waals surface area contributed by atoms with Gasteiger partial charge in [0.2, 0.25) is 5.88 Å². The third-order valence-corrected chi connectivity index (χ3v) is 2.52. The van der Waals surface area contributed by atoms with Crippen molar-refractivity contribution in [3.63, 3.8) is 0 Å². The summed E-state index contributed by atoms with van der Waals surface area (Å²) < 4.78 is 44.2. The molecule has 21 heavy (non-hydrogen) atoms. The quantitative estimate of drug-likeness (QED) is 0.642. The van der Waals surface area contributed by atoms with Gasteiger partial charge in [-0.05, 0) is 13.0 Å². The molecule has 0 aliphatic rings. The minimum absolute atomic E-state index is 0.189. The van der Waals surface area contributed by atoms with Crippen LogP contribution < -0.4 is 4.74 Å². The molecule has 0 aliphatic heterocycles. The van der Waals surface area contributed by atoms with E-state index in [1.807, 2.05) is 0 Å². The first kappa shape index (κ1) is 14.8. The molecule has 8 heteroatoms. The largest absolute Gasteiger partial charge is 0.477 e. The van der Waals surface area contributed by atoms with E-state index in [1.54, 1.807) is 0 Å². The number of halogens is 3. The monoisotopic (exact) mass is 296 g/mol. The first-order valence-electron chi connectivity index (χ1n) is 5.94. The zero-order valence-corrected chi connectivity index (χ0v) is 11.1. The van der Waals surface area contributed by atoms with Crippen LogP contribution in [0.3, 0.4) is 0 Å². The van der Waals surface area contributed by atoms with Crippen molar-refractivity contribution in [2.75, 3.05) is 6.61 Å². The van der Waals surface area contributed by atoms with Crippen LogP contribution in [-0.4, -0.2) is 26.4 Å². The molecule has 0 amide bonds. The van der Waals surface area contributed by atoms with Gasteiger partial charge in [-0.25, -0.2) is 14.6 Å². The summed E-state index contributed by atoms with van der Waals surface area (Å²) in [5, 5.41) is 3.50. The zero-order valence-electron chi connectivity index (χ0n) is 11.1. The molecule has 2 rings (SSSR count). The van der Waals surface area contributed by atoms with Crippen LogP contribution in [-0.2, 0) is 6.18 Å². The zero-order chi connectivity index (χ0) is 15.5. The first-order valence-corrected chi connectivity index (χ1v) is 5.94. The van der Waals surface area contributed by atoms with Crippen LogP contribution in [0.1, 0.15) is 17.8 Å². The SMILES string of the molecule is C#CCCOc1cc(-n2nc(C(F)(F)F)cc2C)ncn1. The lowest BCUT2D eigenvalue weighted by molar-refractivity contribution is -0.141. The maximum Gasteiger partial charge on any atom is 0.435 e. The molecule has 2 heterocycles. The van der Waals surface area contributed by atoms with Crippen molar-refractivity contribution in [1.82, 2.24) is 19.7 Å². The van der Waals surface area contributed by atoms with Gasteiger partial charge in [0.1, 0.15) is 12.9 Å². The van der Waals surface area contributed by atoms with E-state index in [-0.39, 0.29) is 18.3 Å². The minimum atomic E-state index is -4.50. The molecule has 2 aromatic rings. The third-order valence-electron chi connectivity index (χ3n) is 2.52. The summed E-state index contributed by atoms with van der Waals surface area (Å²) in [6.45, 7) is 1.77. The highest BCUT2D eigenvalue weighted by Crippen LogP contribution is 2.29. The Balaban J connectivity index is 2.28. The maximum absolute atomic E-state index is 12.6. The summed E-state index contributed by atoms with van der Waals surface area (Å²) in [5.74, 6) is 2.81. The van der Waals surface area contributed by atoms with Crippen LogP contribution in [0.4, 0.5) is 13.2 Å². The van der Waals surface area contributed by atoms with Gasteiger partial charge in [0.05, 0.1) is 0 Å². The number of ether oxygens (including phenoxy) is 1. The molecule has 0 radical (unpaired) electrons. The topological polar surface area (TPSA) is 52.8 Å². The van der Waals surface area contributed by atoms with Crippen molar-refractivity contribution in [3.05, 3.63) is 29.8 Å². The number of nitrogens with zero attached hydrogens (tertiary/aromatic N) is 4. The number of rotatable bonds is 4. The van der Waals surface area contributed by atoms with Crippen LogP contribution in [0.25, 0.3) is 5.82 Å². The van der Waals surface area contributed by atoms with Gasteiger partial charge in [0.25, 0.3) is 0 Å². The van der Waals surface area contributed by atoms with E-state index < -0.39 is 11.9 Å². The van der Waals surface area contributed by atoms with E-state index in [1.165, 1.54) is 19.3 Å². The normalized spacial score (nSPS) is 11.2. The molecule has 0 fully saturated rings. The first-order chi connectivity index (χ1) is 9.91. The summed E-state index contributed by atoms with van der Waals surface area (Å²) in [4.78, 5) is 7.75. The van der Waals surface area contributed by atoms with Gasteiger partial charge in [0, 0.05) is 18.2 Å². The average molecular weight is 296 g/mol. The van der Waals surface area contributed by atoms with E-state index in [0.717, 1.165) is 10.7 Å². The lowest BCUT2D eigenvalue weighted by Gasteiger charge is -2.06. The second-order valence-electron chi connectivity index (χ2n) is 4.10. The molecule has 0 bridgehead atoms. The van der Waals surface area contributed by atoms with Crippen molar-refractivity contribution in [2.45, 2.75) is 19.5 Å². The molecule has 110 valence electrons. The third kappa shape index (κ3) is 3.51. The molecule has 0 N–H and O–H groups in total. The molecule has 0 saturated heterocycles. The second kappa shape index (κ2) is 5.83. The average Bonchev–Trinajstić information content (AvgIpc) is 2.82. The Morgan fingerprint density at radius 2 is 2.10 bits per heavy atom. The lowest BCUT2D eigenvalue weighted by Crippen LogP contribution is -2.08. The fraction of sp³-hybridized carbons (Fsp3) is 0.308. The molecule has 0 unspecified atom stereocenters. The highest BCUT2D eigenvalue weighted by atomic mass is 19.4. The van der Waals surface area contributed by atoms with E-state index >= 15 is 0 Å². The van der Waals surface area contributed by atoms with E-state index in [0.29, 0.717) is 12.1 Å². The Kier molecular flexibility index (Phi) is 4.12. The number of aryl methyl sites for hydroxylation is 1. The standard InChI is InChI=1S/C13H11F3N4O/c1-3-4-5-21-12-7-11(17-8-18-12)20-9(2)6-10(19-20)13(14,15)16/h1,6-8H,4-5H2,2H3. The minimum Gasteiger partial charge on any atom is -0.477 e. The smallest absolute Gasteiger partial charge is 0.435 e. The molecule has 0 aromatic carbocycles. The predicted molar refractivity (Wildman–Crippen MR) is 67.8 cm³/mol. The predicted octanol–water partition coefficient (Wildman–Crippen LogP) is 2.39. The van der Waals surface area contributed by atoms with Gasteiger partial charge < -0.3 is 4.74 Å². The second-order valence-corrected chi connectivity index (χ2v) is 4.10. The van der Waals surface area contributed by atoms with Crippen molar-refractivity contribution >= 4 is 0 Å². The molecule has 5 nitrogen and oxygen atoms in total. The summed E-state index contributed by atoms with van der Waals surface area (Å²) in [6, 6.07) is 2.34. The summed E-state index contributed by atoms with van der Waals surface area (Å²) >= 11 is 0. The van der Waals surface area contributed by atoms with Crippen molar-refractivity contribution in [1.29, 1.82) is 0 Å². The Morgan fingerprint density at radius 1 is 1.33 bits per heavy atom. The fourth-order valence-electron chi connectivity index (χ4n) is 1.58. The molecular formula is C13H11F3N4O. The van der Waals surface area contributed by atoms with E-state index in [4.69, 9.17) is 11.2 Å². The number of terminal acetylenes is 1. The number of aromatic nitrogens is 4. The molecule has 2 aromatic heterocycles. The van der Waals surface area contributed by atoms with Crippen LogP contribution in [0, 0.1) is 19.3 Å². The van der Waals surface area contributed by atoms with Crippen molar-refractivity contribution in [2.24, 2.45) is 0 Å². The molecule has 0 atom stereocenters. The van der Waals surface area contributed by atoms with Crippen LogP contribution in [0.15, 0.2) is 18.5 Å². The molecule has 0 saturated carbocycles. The van der Waals surface area contributed by atoms with Crippen LogP contribution >= 0.6 is 0 Å². The highest BCUT2D eigenvalue weighted by molar-refractivity contribution is 5.29. The Hall–Kier alpha value is -2.56. The van der Waals surface area contributed by atoms with Crippen molar-refractivity contribution in [3.8, 4) is 24.0 Å². The van der Waals surface area contributed by atoms with Gasteiger partial charge >= 0.3 is 6.18 Å². The molecule has 0 spiro atoms. The summed E-state index contributed by atoms with van der Waals surface area (Å²) in [6.07, 6.45) is 2.18. The molecular weight excluding hydrogens is 285 g/mol. The van der Waals surface area contributed by atoms with Gasteiger partial charge in [-0.1, -0.05) is 0 Å². The highest BCUT2D eigenvalue weighted by Gasteiger charge is 2.34. The van der Waals surface area contributed by atoms with E-state index in [2.05, 4.69) is 21.0 Å². The van der Waals surface area contributed by atoms with Gasteiger partial charge in [-0.2, -0.15) is 18.3 Å². The maximum atomic E-state index is 12.6. The number of hydrogen-bond donors (Lipinski definition) is 0. The van der Waals surface area contributed by atoms with Gasteiger partial charge in [0.15, 0.2) is 11.5 Å². The fourth-order valence-corrected chi connectivity index (χ4v) is 1.58. The van der Waals surface area contributed by atoms with E-state index in [9.17, 15) is 13.2 Å². The van der Waals surface area contributed by atoms with Gasteiger partial charge in [-0.15, -0.1) is 12.3 Å². The molecule has 0 aliphatic carbocycles. The number of hydrogen-bond acceptors (Lipinski definition) is 4. The number of alkyl halides is 3. The summed E-state index contributed by atoms with van der Waals surface area (Å²) in [5.41, 5.74) is -0.677. The van der Waals surface area contributed by atoms with Crippen LogP contribution in [0.5, 0.6) is 5.88 Å². The Labute approximate surface area is 118 Å². The summed E-state index contributed by atoms with van der Waals surface area (Å²) in [7, 11) is 0. The van der Waals surface area contributed by atoms with Crippen molar-refractivity contribution < 1.29 is 17.9 Å². The Bertz CT molecular complexity index is 673. The van der Waals surface area contributed by atoms with Crippen LogP contribution in [0.2, 0.25) is 0 Å². The van der Waals surface area contributed by atoms with Gasteiger partial charge in [-0.3, -0.25) is 0 Å². The Morgan fingerprint density at radius 3 is 2.71 bits per heavy atom. The lowest BCUT2D eigenvalue weighted by atomic mass is 10.3.